The van der Waals surface area contributed by atoms with Crippen molar-refractivity contribution in [1.29, 1.82) is 0 Å². The summed E-state index contributed by atoms with van der Waals surface area (Å²) in [5.41, 5.74) is 8.40. The van der Waals surface area contributed by atoms with Crippen LogP contribution in [0.15, 0.2) is 34.9 Å². The molecule has 5 heteroatoms. The van der Waals surface area contributed by atoms with E-state index in [0.29, 0.717) is 5.02 Å². The molecular formula is C14H17BrClN3. The Morgan fingerprint density at radius 1 is 1.37 bits per heavy atom. The minimum atomic E-state index is -0.136. The molecule has 1 aromatic carbocycles. The van der Waals surface area contributed by atoms with Gasteiger partial charge in [0.15, 0.2) is 0 Å². The van der Waals surface area contributed by atoms with Crippen molar-refractivity contribution >= 4 is 27.5 Å². The molecule has 1 unspecified atom stereocenters. The second kappa shape index (κ2) is 6.55. The van der Waals surface area contributed by atoms with Crippen molar-refractivity contribution in [2.24, 2.45) is 5.73 Å². The molecule has 2 aromatic rings. The van der Waals surface area contributed by atoms with Crippen LogP contribution in [0.3, 0.4) is 0 Å². The molecule has 0 amide bonds. The molecule has 2 rings (SSSR count). The molecule has 0 fully saturated rings. The Kier molecular flexibility index (Phi) is 5.02. The van der Waals surface area contributed by atoms with E-state index in [1.54, 1.807) is 6.20 Å². The molecule has 1 heterocycles. The first-order chi connectivity index (χ1) is 9.11. The third-order valence-electron chi connectivity index (χ3n) is 2.99. The van der Waals surface area contributed by atoms with Gasteiger partial charge in [-0.15, -0.1) is 0 Å². The summed E-state index contributed by atoms with van der Waals surface area (Å²) in [6.45, 7) is 2.95. The summed E-state index contributed by atoms with van der Waals surface area (Å²) in [6.07, 6.45) is 3.44. The van der Waals surface area contributed by atoms with E-state index < -0.39 is 0 Å². The van der Waals surface area contributed by atoms with Crippen molar-refractivity contribution in [3.05, 3.63) is 51.2 Å². The molecule has 3 nitrogen and oxygen atoms in total. The Bertz CT molecular complexity index is 536. The monoisotopic (exact) mass is 341 g/mol. The minimum absolute atomic E-state index is 0.136. The molecule has 0 radical (unpaired) electrons. The Morgan fingerprint density at radius 2 is 2.05 bits per heavy atom. The average Bonchev–Trinajstić information content (AvgIpc) is 2.74. The fourth-order valence-corrected chi connectivity index (χ4v) is 2.65. The molecule has 0 bridgehead atoms. The topological polar surface area (TPSA) is 43.8 Å². The molecule has 0 spiro atoms. The van der Waals surface area contributed by atoms with E-state index in [0.717, 1.165) is 29.6 Å². The predicted molar refractivity (Wildman–Crippen MR) is 82.3 cm³/mol. The van der Waals surface area contributed by atoms with Crippen molar-refractivity contribution < 1.29 is 0 Å². The number of benzene rings is 1. The van der Waals surface area contributed by atoms with E-state index in [-0.39, 0.29) is 6.04 Å². The third kappa shape index (κ3) is 3.59. The smallest absolute Gasteiger partial charge is 0.0834 e. The summed E-state index contributed by atoms with van der Waals surface area (Å²) < 4.78 is 2.98. The maximum Gasteiger partial charge on any atom is 0.0834 e. The van der Waals surface area contributed by atoms with Crippen LogP contribution in [0, 0.1) is 0 Å². The van der Waals surface area contributed by atoms with Gasteiger partial charge >= 0.3 is 0 Å². The zero-order valence-corrected chi connectivity index (χ0v) is 13.2. The maximum absolute atomic E-state index is 6.28. The summed E-state index contributed by atoms with van der Waals surface area (Å²) in [4.78, 5) is 0. The molecule has 0 aliphatic rings. The van der Waals surface area contributed by atoms with Gasteiger partial charge in [0.2, 0.25) is 0 Å². The van der Waals surface area contributed by atoms with Crippen LogP contribution in [0.25, 0.3) is 0 Å². The third-order valence-corrected chi connectivity index (χ3v) is 3.81. The fraction of sp³-hybridized carbons (Fsp3) is 0.357. The first-order valence-corrected chi connectivity index (χ1v) is 7.50. The highest BCUT2D eigenvalue weighted by Gasteiger charge is 2.17. The van der Waals surface area contributed by atoms with Crippen molar-refractivity contribution in [3.63, 3.8) is 0 Å². The Hall–Kier alpha value is -0.840. The lowest BCUT2D eigenvalue weighted by atomic mass is 10.0. The minimum Gasteiger partial charge on any atom is -0.322 e. The first kappa shape index (κ1) is 14.6. The van der Waals surface area contributed by atoms with Gasteiger partial charge in [-0.3, -0.25) is 4.68 Å². The molecule has 102 valence electrons. The summed E-state index contributed by atoms with van der Waals surface area (Å²) in [6, 6.07) is 8.04. The van der Waals surface area contributed by atoms with E-state index >= 15 is 0 Å². The number of nitrogens with zero attached hydrogens (tertiary/aromatic N) is 2. The number of rotatable bonds is 5. The van der Waals surface area contributed by atoms with Gasteiger partial charge in [-0.25, -0.2) is 0 Å². The highest BCUT2D eigenvalue weighted by molar-refractivity contribution is 9.10. The van der Waals surface area contributed by atoms with E-state index in [1.807, 2.05) is 16.8 Å². The quantitative estimate of drug-likeness (QED) is 0.894. The van der Waals surface area contributed by atoms with Gasteiger partial charge in [0.25, 0.3) is 0 Å². The predicted octanol–water partition coefficient (Wildman–Crippen LogP) is 3.95. The van der Waals surface area contributed by atoms with E-state index in [9.17, 15) is 0 Å². The summed E-state index contributed by atoms with van der Waals surface area (Å²) >= 11 is 9.62. The van der Waals surface area contributed by atoms with Crippen molar-refractivity contribution in [2.45, 2.75) is 32.4 Å². The average molecular weight is 343 g/mol. The van der Waals surface area contributed by atoms with Crippen molar-refractivity contribution in [3.8, 4) is 0 Å². The Labute approximate surface area is 126 Å². The SMILES string of the molecule is CCCn1ncc(Cl)c1C(N)Cc1ccc(Br)cc1. The largest absolute Gasteiger partial charge is 0.322 e. The van der Waals surface area contributed by atoms with Crippen LogP contribution in [-0.4, -0.2) is 9.78 Å². The molecule has 0 aliphatic carbocycles. The Balaban J connectivity index is 2.17. The van der Waals surface area contributed by atoms with E-state index in [1.165, 1.54) is 5.56 Å². The van der Waals surface area contributed by atoms with Crippen molar-refractivity contribution in [2.75, 3.05) is 0 Å². The second-order valence-electron chi connectivity index (χ2n) is 4.54. The van der Waals surface area contributed by atoms with Crippen molar-refractivity contribution in [1.82, 2.24) is 9.78 Å². The molecule has 1 atom stereocenters. The van der Waals surface area contributed by atoms with Crippen LogP contribution in [0.4, 0.5) is 0 Å². The van der Waals surface area contributed by atoms with Crippen LogP contribution < -0.4 is 5.73 Å². The number of halogens is 2. The first-order valence-electron chi connectivity index (χ1n) is 6.33. The summed E-state index contributed by atoms with van der Waals surface area (Å²) in [7, 11) is 0. The van der Waals surface area contributed by atoms with Gasteiger partial charge in [-0.1, -0.05) is 46.6 Å². The highest BCUT2D eigenvalue weighted by Crippen LogP contribution is 2.24. The lowest BCUT2D eigenvalue weighted by Crippen LogP contribution is -2.19. The number of aromatic nitrogens is 2. The summed E-state index contributed by atoms with van der Waals surface area (Å²) in [5.74, 6) is 0. The number of aryl methyl sites for hydroxylation is 1. The molecule has 1 aromatic heterocycles. The fourth-order valence-electron chi connectivity index (χ4n) is 2.10. The van der Waals surface area contributed by atoms with E-state index in [2.05, 4.69) is 40.1 Å². The molecule has 2 N–H and O–H groups in total. The standard InChI is InChI=1S/C14H17BrClN3/c1-2-7-19-14(12(16)9-18-19)13(17)8-10-3-5-11(15)6-4-10/h3-6,9,13H,2,7-8,17H2,1H3. The zero-order valence-electron chi connectivity index (χ0n) is 10.8. The van der Waals surface area contributed by atoms with Crippen LogP contribution in [0.1, 0.15) is 30.6 Å². The Morgan fingerprint density at radius 3 is 2.68 bits per heavy atom. The van der Waals surface area contributed by atoms with Crippen LogP contribution in [0.2, 0.25) is 5.02 Å². The number of hydrogen-bond donors (Lipinski definition) is 1. The van der Waals surface area contributed by atoms with Gasteiger partial charge in [0.05, 0.1) is 23.0 Å². The maximum atomic E-state index is 6.28. The molecule has 0 aliphatic heterocycles. The van der Waals surface area contributed by atoms with Gasteiger partial charge in [0, 0.05) is 11.0 Å². The normalized spacial score (nSPS) is 12.6. The lowest BCUT2D eigenvalue weighted by molar-refractivity contribution is 0.538. The van der Waals surface area contributed by atoms with Crippen LogP contribution in [0.5, 0.6) is 0 Å². The highest BCUT2D eigenvalue weighted by atomic mass is 79.9. The van der Waals surface area contributed by atoms with Gasteiger partial charge in [-0.05, 0) is 30.5 Å². The van der Waals surface area contributed by atoms with Gasteiger partial charge in [-0.2, -0.15) is 5.10 Å². The molecular weight excluding hydrogens is 326 g/mol. The van der Waals surface area contributed by atoms with E-state index in [4.69, 9.17) is 17.3 Å². The second-order valence-corrected chi connectivity index (χ2v) is 5.86. The summed E-state index contributed by atoms with van der Waals surface area (Å²) in [5, 5.41) is 4.93. The van der Waals surface area contributed by atoms with Crippen LogP contribution >= 0.6 is 27.5 Å². The van der Waals surface area contributed by atoms with Gasteiger partial charge in [0.1, 0.15) is 0 Å². The van der Waals surface area contributed by atoms with Gasteiger partial charge < -0.3 is 5.73 Å². The zero-order chi connectivity index (χ0) is 13.8. The van der Waals surface area contributed by atoms with Crippen LogP contribution in [-0.2, 0) is 13.0 Å². The molecule has 19 heavy (non-hydrogen) atoms. The molecule has 0 saturated carbocycles. The molecule has 0 saturated heterocycles. The number of nitrogens with two attached hydrogens (primary N) is 1. The number of hydrogen-bond acceptors (Lipinski definition) is 2. The lowest BCUT2D eigenvalue weighted by Gasteiger charge is -2.15.